The van der Waals surface area contributed by atoms with E-state index in [9.17, 15) is 4.79 Å². The van der Waals surface area contributed by atoms with Crippen LogP contribution in [-0.4, -0.2) is 5.78 Å². The van der Waals surface area contributed by atoms with E-state index in [1.807, 2.05) is 0 Å². The van der Waals surface area contributed by atoms with Gasteiger partial charge in [-0.2, -0.15) is 0 Å². The summed E-state index contributed by atoms with van der Waals surface area (Å²) in [5.74, 6) is 4.91. The average molecular weight is 305 g/mol. The fourth-order valence-corrected chi connectivity index (χ4v) is 5.58. The first-order valence-electron chi connectivity index (χ1n) is 10.3. The highest BCUT2D eigenvalue weighted by Gasteiger charge is 2.38. The summed E-state index contributed by atoms with van der Waals surface area (Å²) in [6, 6.07) is 0. The lowest BCUT2D eigenvalue weighted by molar-refractivity contribution is -0.132. The largest absolute Gasteiger partial charge is 0.299 e. The van der Waals surface area contributed by atoms with E-state index in [1.54, 1.807) is 0 Å². The Hall–Kier alpha value is -0.330. The van der Waals surface area contributed by atoms with Crippen LogP contribution in [0.5, 0.6) is 0 Å². The Labute approximate surface area is 137 Å². The van der Waals surface area contributed by atoms with Crippen molar-refractivity contribution in [1.82, 2.24) is 0 Å². The van der Waals surface area contributed by atoms with Crippen LogP contribution in [0.4, 0.5) is 0 Å². The molecule has 0 radical (unpaired) electrons. The molecule has 22 heavy (non-hydrogen) atoms. The van der Waals surface area contributed by atoms with Gasteiger partial charge in [-0.1, -0.05) is 45.4 Å². The quantitative estimate of drug-likeness (QED) is 0.537. The third-order valence-electron chi connectivity index (χ3n) is 7.27. The Balaban J connectivity index is 1.35. The summed E-state index contributed by atoms with van der Waals surface area (Å²) in [6.07, 6.45) is 19.5. The molecule has 3 rings (SSSR count). The Kier molecular flexibility index (Phi) is 5.99. The van der Waals surface area contributed by atoms with Crippen molar-refractivity contribution in [3.8, 4) is 0 Å². The van der Waals surface area contributed by atoms with Crippen LogP contribution in [0.25, 0.3) is 0 Å². The van der Waals surface area contributed by atoms with Gasteiger partial charge in [0.05, 0.1) is 0 Å². The molecule has 3 saturated carbocycles. The van der Waals surface area contributed by atoms with E-state index in [2.05, 4.69) is 6.92 Å². The van der Waals surface area contributed by atoms with Gasteiger partial charge in [0.15, 0.2) is 0 Å². The van der Waals surface area contributed by atoms with Crippen molar-refractivity contribution in [2.75, 3.05) is 0 Å². The number of Topliss-reactive ketones (excluding diaryl/α,β-unsaturated/α-hetero) is 1. The summed E-state index contributed by atoms with van der Waals surface area (Å²) < 4.78 is 0. The highest BCUT2D eigenvalue weighted by atomic mass is 16.1. The van der Waals surface area contributed by atoms with Gasteiger partial charge in [0, 0.05) is 12.3 Å². The molecule has 3 fully saturated rings. The lowest BCUT2D eigenvalue weighted by atomic mass is 9.63. The minimum absolute atomic E-state index is 0.482. The molecule has 0 saturated heterocycles. The number of carbonyl (C=O) groups is 1. The van der Waals surface area contributed by atoms with Crippen molar-refractivity contribution in [2.45, 2.75) is 96.8 Å². The van der Waals surface area contributed by atoms with E-state index in [0.29, 0.717) is 11.7 Å². The second-order valence-corrected chi connectivity index (χ2v) is 8.56. The molecule has 0 amide bonds. The van der Waals surface area contributed by atoms with Gasteiger partial charge in [0.2, 0.25) is 0 Å². The lowest BCUT2D eigenvalue weighted by Crippen LogP contribution is -2.36. The molecule has 0 heterocycles. The predicted octanol–water partition coefficient (Wildman–Crippen LogP) is 6.16. The first-order valence-corrected chi connectivity index (χ1v) is 10.3. The maximum atomic E-state index is 11.7. The maximum absolute atomic E-state index is 11.7. The molecule has 1 atom stereocenters. The highest BCUT2D eigenvalue weighted by Crippen LogP contribution is 2.45. The van der Waals surface area contributed by atoms with E-state index in [1.165, 1.54) is 83.5 Å². The van der Waals surface area contributed by atoms with Crippen LogP contribution >= 0.6 is 0 Å². The van der Waals surface area contributed by atoms with Gasteiger partial charge >= 0.3 is 0 Å². The van der Waals surface area contributed by atoms with E-state index >= 15 is 0 Å². The van der Waals surface area contributed by atoms with Crippen LogP contribution in [0.15, 0.2) is 0 Å². The smallest absolute Gasteiger partial charge is 0.136 e. The first kappa shape index (κ1) is 16.5. The van der Waals surface area contributed by atoms with Gasteiger partial charge in [0.1, 0.15) is 5.78 Å². The third-order valence-corrected chi connectivity index (χ3v) is 7.27. The summed E-state index contributed by atoms with van der Waals surface area (Å²) >= 11 is 0. The van der Waals surface area contributed by atoms with E-state index in [-0.39, 0.29) is 0 Å². The summed E-state index contributed by atoms with van der Waals surface area (Å²) in [5, 5.41) is 0. The van der Waals surface area contributed by atoms with Gasteiger partial charge in [0.25, 0.3) is 0 Å². The minimum Gasteiger partial charge on any atom is -0.299 e. The molecule has 0 N–H and O–H groups in total. The van der Waals surface area contributed by atoms with Crippen molar-refractivity contribution in [1.29, 1.82) is 0 Å². The third kappa shape index (κ3) is 3.95. The predicted molar refractivity (Wildman–Crippen MR) is 92.8 cm³/mol. The van der Waals surface area contributed by atoms with Crippen LogP contribution in [0.3, 0.4) is 0 Å². The zero-order valence-corrected chi connectivity index (χ0v) is 14.7. The molecule has 0 bridgehead atoms. The second kappa shape index (κ2) is 7.97. The van der Waals surface area contributed by atoms with Crippen molar-refractivity contribution in [3.63, 3.8) is 0 Å². The van der Waals surface area contributed by atoms with Gasteiger partial charge in [-0.05, 0) is 68.6 Å². The second-order valence-electron chi connectivity index (χ2n) is 8.56. The lowest BCUT2D eigenvalue weighted by Gasteiger charge is -2.41. The van der Waals surface area contributed by atoms with Gasteiger partial charge in [-0.3, -0.25) is 4.79 Å². The molecule has 0 aromatic rings. The summed E-state index contributed by atoms with van der Waals surface area (Å²) in [4.78, 5) is 11.7. The molecule has 0 spiro atoms. The first-order chi connectivity index (χ1) is 10.8. The Morgan fingerprint density at radius 1 is 0.773 bits per heavy atom. The Morgan fingerprint density at radius 2 is 1.36 bits per heavy atom. The van der Waals surface area contributed by atoms with Crippen molar-refractivity contribution in [2.24, 2.45) is 29.6 Å². The molecule has 0 aromatic carbocycles. The fraction of sp³-hybridized carbons (Fsp3) is 0.952. The van der Waals surface area contributed by atoms with Gasteiger partial charge < -0.3 is 0 Å². The van der Waals surface area contributed by atoms with Crippen LogP contribution in [0, 0.1) is 29.6 Å². The number of rotatable bonds is 6. The number of unbranched alkanes of at least 4 members (excludes halogenated alkanes) is 2. The molecular weight excluding hydrogens is 268 g/mol. The van der Waals surface area contributed by atoms with Crippen LogP contribution in [0.1, 0.15) is 96.8 Å². The number of carbonyl (C=O) groups excluding carboxylic acids is 1. The maximum Gasteiger partial charge on any atom is 0.136 e. The van der Waals surface area contributed by atoms with E-state index in [0.717, 1.165) is 30.1 Å². The Bertz CT molecular complexity index is 345. The molecule has 3 aliphatic rings. The average Bonchev–Trinajstić information content (AvgIpc) is 2.55. The summed E-state index contributed by atoms with van der Waals surface area (Å²) in [7, 11) is 0. The Morgan fingerprint density at radius 3 is 1.86 bits per heavy atom. The monoisotopic (exact) mass is 304 g/mol. The fourth-order valence-electron chi connectivity index (χ4n) is 5.58. The molecule has 0 aromatic heterocycles. The van der Waals surface area contributed by atoms with Crippen molar-refractivity contribution >= 4 is 5.78 Å². The van der Waals surface area contributed by atoms with Crippen LogP contribution < -0.4 is 0 Å². The van der Waals surface area contributed by atoms with Crippen LogP contribution in [-0.2, 0) is 4.79 Å². The number of ketones is 1. The molecule has 0 aliphatic heterocycles. The number of hydrogen-bond donors (Lipinski definition) is 0. The molecule has 1 nitrogen and oxygen atoms in total. The van der Waals surface area contributed by atoms with E-state index < -0.39 is 0 Å². The minimum atomic E-state index is 0.482. The normalized spacial score (nSPS) is 39.5. The molecule has 126 valence electrons. The molecule has 1 heteroatoms. The summed E-state index contributed by atoms with van der Waals surface area (Å²) in [6.45, 7) is 2.31. The topological polar surface area (TPSA) is 17.1 Å². The van der Waals surface area contributed by atoms with E-state index in [4.69, 9.17) is 0 Å². The molecule has 3 aliphatic carbocycles. The molecular formula is C21H36O. The van der Waals surface area contributed by atoms with Gasteiger partial charge in [-0.15, -0.1) is 0 Å². The van der Waals surface area contributed by atoms with Crippen molar-refractivity contribution in [3.05, 3.63) is 0 Å². The summed E-state index contributed by atoms with van der Waals surface area (Å²) in [5.41, 5.74) is 0. The zero-order valence-electron chi connectivity index (χ0n) is 14.7. The van der Waals surface area contributed by atoms with Crippen molar-refractivity contribution < 1.29 is 4.79 Å². The zero-order chi connectivity index (χ0) is 15.4. The van der Waals surface area contributed by atoms with Crippen LogP contribution in [0.2, 0.25) is 0 Å². The number of hydrogen-bond acceptors (Lipinski definition) is 1. The SMILES string of the molecule is CCCCCC1CCC(C2CCC(C3CCC3=O)CC2)CC1. The van der Waals surface area contributed by atoms with Gasteiger partial charge in [-0.25, -0.2) is 0 Å². The highest BCUT2D eigenvalue weighted by molar-refractivity contribution is 5.86. The molecule has 1 unspecified atom stereocenters. The standard InChI is InChI=1S/C21H36O/c1-2-3-4-5-16-6-8-17(9-7-16)18-10-12-19(13-11-18)20-14-15-21(20)22/h16-20H,2-15H2,1H3.